The highest BCUT2D eigenvalue weighted by Gasteiger charge is 2.44. The second kappa shape index (κ2) is 12.5. The number of halogens is 2. The first kappa shape index (κ1) is 37.0. The molecule has 264 valence electrons. The SMILES string of the molecule is CC(C)(C)c1nc2ccc(Cl)c(S(=O)(=O)C3CC(O)C3)c2o1.CC(C)(C)c1nc2ccc(Cl)c(S(=O)(=O)C3CC(OS(C)(=O)=O)C3)c2o1. The van der Waals surface area contributed by atoms with Crippen molar-refractivity contribution in [2.45, 2.75) is 111 Å². The number of aliphatic hydroxyl groups is 1. The second-order valence-corrected chi connectivity index (χ2v) is 21.1. The molecule has 2 aliphatic carbocycles. The van der Waals surface area contributed by atoms with Gasteiger partial charge in [0.15, 0.2) is 30.8 Å². The summed E-state index contributed by atoms with van der Waals surface area (Å²) in [6, 6.07) is 6.28. The molecule has 4 aromatic rings. The number of rotatable bonds is 6. The molecule has 2 saturated carbocycles. The lowest BCUT2D eigenvalue weighted by Gasteiger charge is -2.33. The van der Waals surface area contributed by atoms with Crippen molar-refractivity contribution in [2.24, 2.45) is 0 Å². The first-order valence-corrected chi connectivity index (χ1v) is 20.8. The van der Waals surface area contributed by atoms with Gasteiger partial charge in [-0.15, -0.1) is 0 Å². The van der Waals surface area contributed by atoms with E-state index in [-0.39, 0.29) is 62.1 Å². The molecule has 0 aliphatic heterocycles. The Morgan fingerprint density at radius 2 is 1.08 bits per heavy atom. The summed E-state index contributed by atoms with van der Waals surface area (Å²) in [4.78, 5) is 8.65. The molecular formula is C31H38Cl2N2O10S3. The Morgan fingerprint density at radius 1 is 0.708 bits per heavy atom. The first-order valence-electron chi connectivity index (χ1n) is 15.1. The van der Waals surface area contributed by atoms with Crippen LogP contribution in [0.4, 0.5) is 0 Å². The fourth-order valence-corrected chi connectivity index (χ4v) is 10.9. The van der Waals surface area contributed by atoms with E-state index in [0.29, 0.717) is 22.8 Å². The van der Waals surface area contributed by atoms with Gasteiger partial charge in [0.1, 0.15) is 20.8 Å². The number of sulfone groups is 2. The summed E-state index contributed by atoms with van der Waals surface area (Å²) in [5, 5.41) is 8.18. The summed E-state index contributed by atoms with van der Waals surface area (Å²) in [6.07, 6.45) is 0.380. The number of nitrogens with zero attached hydrogens (tertiary/aromatic N) is 2. The van der Waals surface area contributed by atoms with E-state index in [1.165, 1.54) is 12.1 Å². The van der Waals surface area contributed by atoms with Crippen molar-refractivity contribution >= 4 is 75.2 Å². The zero-order valence-electron chi connectivity index (χ0n) is 27.4. The summed E-state index contributed by atoms with van der Waals surface area (Å²) in [5.41, 5.74) is 0.513. The quantitative estimate of drug-likeness (QED) is 0.222. The number of hydrogen-bond acceptors (Lipinski definition) is 12. The maximum atomic E-state index is 13.0. The number of benzene rings is 2. The summed E-state index contributed by atoms with van der Waals surface area (Å²) in [6.45, 7) is 11.5. The van der Waals surface area contributed by atoms with Gasteiger partial charge < -0.3 is 13.9 Å². The van der Waals surface area contributed by atoms with Gasteiger partial charge in [-0.1, -0.05) is 64.7 Å². The van der Waals surface area contributed by atoms with E-state index in [4.69, 9.17) is 36.2 Å². The third kappa shape index (κ3) is 7.28. The van der Waals surface area contributed by atoms with E-state index in [1.807, 2.05) is 41.5 Å². The van der Waals surface area contributed by atoms with Gasteiger partial charge in [-0.25, -0.2) is 26.8 Å². The summed E-state index contributed by atoms with van der Waals surface area (Å²) in [7, 11) is -11.1. The van der Waals surface area contributed by atoms with Crippen LogP contribution < -0.4 is 0 Å². The van der Waals surface area contributed by atoms with Crippen LogP contribution in [0.3, 0.4) is 0 Å². The summed E-state index contributed by atoms with van der Waals surface area (Å²) >= 11 is 12.3. The molecule has 1 N–H and O–H groups in total. The largest absolute Gasteiger partial charge is 0.439 e. The van der Waals surface area contributed by atoms with Crippen LogP contribution in [0.15, 0.2) is 42.9 Å². The maximum Gasteiger partial charge on any atom is 0.264 e. The third-order valence-electron chi connectivity index (χ3n) is 8.09. The normalized spacial score (nSPS) is 22.2. The van der Waals surface area contributed by atoms with Crippen molar-refractivity contribution in [3.8, 4) is 0 Å². The van der Waals surface area contributed by atoms with Crippen molar-refractivity contribution < 1.29 is 43.4 Å². The van der Waals surface area contributed by atoms with Crippen LogP contribution in [0.1, 0.15) is 79.0 Å². The lowest BCUT2D eigenvalue weighted by atomic mass is 9.96. The predicted molar refractivity (Wildman–Crippen MR) is 182 cm³/mol. The average Bonchev–Trinajstić information content (AvgIpc) is 3.52. The molecule has 2 heterocycles. The maximum absolute atomic E-state index is 13.0. The Morgan fingerprint density at radius 3 is 1.42 bits per heavy atom. The van der Waals surface area contributed by atoms with Crippen LogP contribution in [0.2, 0.25) is 10.0 Å². The molecule has 17 heteroatoms. The van der Waals surface area contributed by atoms with E-state index in [0.717, 1.165) is 6.26 Å². The Labute approximate surface area is 290 Å². The number of fused-ring (bicyclic) bond motifs is 2. The Hall–Kier alpha value is -2.27. The third-order valence-corrected chi connectivity index (χ3v) is 14.0. The van der Waals surface area contributed by atoms with Crippen molar-refractivity contribution in [3.05, 3.63) is 46.1 Å². The predicted octanol–water partition coefficient (Wildman–Crippen LogP) is 6.14. The number of hydrogen-bond donors (Lipinski definition) is 1. The van der Waals surface area contributed by atoms with Gasteiger partial charge in [0, 0.05) is 10.8 Å². The highest BCUT2D eigenvalue weighted by molar-refractivity contribution is 7.92. The van der Waals surface area contributed by atoms with Gasteiger partial charge in [0.25, 0.3) is 10.1 Å². The summed E-state index contributed by atoms with van der Waals surface area (Å²) in [5.74, 6) is 0.882. The van der Waals surface area contributed by atoms with Gasteiger partial charge in [0.2, 0.25) is 11.8 Å². The molecule has 0 atom stereocenters. The van der Waals surface area contributed by atoms with Gasteiger partial charge in [-0.3, -0.25) is 4.18 Å². The van der Waals surface area contributed by atoms with Gasteiger partial charge in [-0.05, 0) is 49.9 Å². The molecule has 0 radical (unpaired) electrons. The Bertz CT molecular complexity index is 2200. The van der Waals surface area contributed by atoms with Crippen LogP contribution in [0.25, 0.3) is 22.2 Å². The molecule has 2 aromatic carbocycles. The molecule has 0 bridgehead atoms. The van der Waals surface area contributed by atoms with Gasteiger partial charge >= 0.3 is 0 Å². The van der Waals surface area contributed by atoms with E-state index >= 15 is 0 Å². The Balaban J connectivity index is 0.000000190. The van der Waals surface area contributed by atoms with E-state index in [9.17, 15) is 30.4 Å². The number of aromatic nitrogens is 2. The number of oxazole rings is 2. The van der Waals surface area contributed by atoms with Crippen molar-refractivity contribution in [2.75, 3.05) is 6.26 Å². The lowest BCUT2D eigenvalue weighted by molar-refractivity contribution is 0.0977. The molecule has 2 aliphatic rings. The van der Waals surface area contributed by atoms with E-state index in [1.54, 1.807) is 12.1 Å². The second-order valence-electron chi connectivity index (χ2n) is 14.3. The summed E-state index contributed by atoms with van der Waals surface area (Å²) < 4.78 is 90.3. The van der Waals surface area contributed by atoms with Crippen LogP contribution in [0.5, 0.6) is 0 Å². The smallest absolute Gasteiger partial charge is 0.264 e. The minimum absolute atomic E-state index is 0.00781. The van der Waals surface area contributed by atoms with E-state index in [2.05, 4.69) is 9.97 Å². The molecule has 0 saturated heterocycles. The van der Waals surface area contributed by atoms with Crippen LogP contribution in [0, 0.1) is 0 Å². The Kier molecular flexibility index (Phi) is 9.63. The zero-order valence-corrected chi connectivity index (χ0v) is 31.4. The highest BCUT2D eigenvalue weighted by atomic mass is 35.5. The topological polar surface area (TPSA) is 184 Å². The minimum Gasteiger partial charge on any atom is -0.439 e. The van der Waals surface area contributed by atoms with Crippen molar-refractivity contribution in [3.63, 3.8) is 0 Å². The molecule has 6 rings (SSSR count). The minimum atomic E-state index is -3.82. The lowest BCUT2D eigenvalue weighted by Crippen LogP contribution is -2.42. The molecule has 12 nitrogen and oxygen atoms in total. The zero-order chi connectivity index (χ0) is 35.8. The van der Waals surface area contributed by atoms with Gasteiger partial charge in [0.05, 0.1) is 39.0 Å². The molecular weight excluding hydrogens is 727 g/mol. The molecule has 0 amide bonds. The van der Waals surface area contributed by atoms with Crippen molar-refractivity contribution in [1.82, 2.24) is 9.97 Å². The van der Waals surface area contributed by atoms with Crippen LogP contribution in [-0.4, -0.2) is 69.3 Å². The standard InChI is InChI=1S/C16H20ClNO6S2.C15H18ClNO4S/c1-16(2,3)15-18-12-6-5-11(17)14(13(12)23-15)26(21,22)10-7-9(8-10)24-25(4,19)20;1-15(2,3)14-17-11-5-4-10(16)13(12(11)21-14)22(19,20)9-6-8(18)7-9/h5-6,9-10H,7-8H2,1-4H3;4-5,8-9,18H,6-7H2,1-3H3. The monoisotopic (exact) mass is 764 g/mol. The van der Waals surface area contributed by atoms with E-state index < -0.39 is 57.9 Å². The molecule has 2 fully saturated rings. The molecule has 0 unspecified atom stereocenters. The average molecular weight is 766 g/mol. The van der Waals surface area contributed by atoms with Crippen LogP contribution in [-0.2, 0) is 44.8 Å². The molecule has 48 heavy (non-hydrogen) atoms. The fraction of sp³-hybridized carbons (Fsp3) is 0.548. The van der Waals surface area contributed by atoms with Gasteiger partial charge in [-0.2, -0.15) is 8.42 Å². The number of aliphatic hydroxyl groups excluding tert-OH is 1. The van der Waals surface area contributed by atoms with Crippen LogP contribution >= 0.6 is 23.2 Å². The first-order chi connectivity index (χ1) is 21.9. The fourth-order valence-electron chi connectivity index (χ4n) is 5.28. The molecule has 2 aromatic heterocycles. The molecule has 0 spiro atoms. The highest BCUT2D eigenvalue weighted by Crippen LogP contribution is 2.42. The van der Waals surface area contributed by atoms with Crippen molar-refractivity contribution in [1.29, 1.82) is 0 Å².